The van der Waals surface area contributed by atoms with Gasteiger partial charge in [-0.25, -0.2) is 4.98 Å². The van der Waals surface area contributed by atoms with Crippen molar-refractivity contribution in [1.29, 1.82) is 0 Å². The Balaban J connectivity index is 2.24. The summed E-state index contributed by atoms with van der Waals surface area (Å²) >= 11 is 15.6. The van der Waals surface area contributed by atoms with E-state index in [1.165, 1.54) is 6.92 Å². The summed E-state index contributed by atoms with van der Waals surface area (Å²) in [7, 11) is 0. The van der Waals surface area contributed by atoms with Gasteiger partial charge in [0.05, 0.1) is 21.6 Å². The van der Waals surface area contributed by atoms with Crippen molar-refractivity contribution in [1.82, 2.24) is 4.98 Å². The van der Waals surface area contributed by atoms with E-state index in [0.29, 0.717) is 43.5 Å². The molecule has 0 aliphatic rings. The SMILES string of the molecule is CC(=O)Oc1cccc(-c2cc(C(=O)CBr)c3cc(Cl)cc(Cl)c3n2)c1. The van der Waals surface area contributed by atoms with Crippen LogP contribution < -0.4 is 4.74 Å². The minimum atomic E-state index is -0.415. The van der Waals surface area contributed by atoms with Gasteiger partial charge in [-0.05, 0) is 30.3 Å². The number of hydrogen-bond donors (Lipinski definition) is 0. The molecule has 1 heterocycles. The summed E-state index contributed by atoms with van der Waals surface area (Å²) in [5.41, 5.74) is 2.18. The van der Waals surface area contributed by atoms with Crippen LogP contribution in [0.5, 0.6) is 5.75 Å². The van der Waals surface area contributed by atoms with Crippen molar-refractivity contribution >= 4 is 61.8 Å². The summed E-state index contributed by atoms with van der Waals surface area (Å²) in [6.45, 7) is 1.33. The molecule has 0 fully saturated rings. The Morgan fingerprint density at radius 2 is 1.92 bits per heavy atom. The average Bonchev–Trinajstić information content (AvgIpc) is 2.60. The van der Waals surface area contributed by atoms with Gasteiger partial charge in [0.25, 0.3) is 0 Å². The third-order valence-electron chi connectivity index (χ3n) is 3.64. The highest BCUT2D eigenvalue weighted by molar-refractivity contribution is 9.09. The fraction of sp³-hybridized carbons (Fsp3) is 0.105. The fourth-order valence-corrected chi connectivity index (χ4v) is 3.43. The van der Waals surface area contributed by atoms with Crippen molar-refractivity contribution < 1.29 is 14.3 Å². The predicted octanol–water partition coefficient (Wildman–Crippen LogP) is 5.71. The first-order valence-corrected chi connectivity index (χ1v) is 9.44. The van der Waals surface area contributed by atoms with E-state index in [1.807, 2.05) is 6.07 Å². The number of nitrogens with zero attached hydrogens (tertiary/aromatic N) is 1. The number of hydrogen-bond acceptors (Lipinski definition) is 4. The lowest BCUT2D eigenvalue weighted by Crippen LogP contribution is -2.04. The number of benzene rings is 2. The lowest BCUT2D eigenvalue weighted by molar-refractivity contribution is -0.131. The van der Waals surface area contributed by atoms with E-state index >= 15 is 0 Å². The molecule has 3 aromatic rings. The van der Waals surface area contributed by atoms with Gasteiger partial charge in [-0.1, -0.05) is 51.3 Å². The van der Waals surface area contributed by atoms with Gasteiger partial charge in [-0.2, -0.15) is 0 Å². The van der Waals surface area contributed by atoms with Crippen LogP contribution in [0.1, 0.15) is 17.3 Å². The quantitative estimate of drug-likeness (QED) is 0.220. The Kier molecular flexibility index (Phi) is 5.61. The van der Waals surface area contributed by atoms with Crippen molar-refractivity contribution in [3.05, 3.63) is 58.1 Å². The number of fused-ring (bicyclic) bond motifs is 1. The van der Waals surface area contributed by atoms with Crippen LogP contribution in [0, 0.1) is 0 Å². The second-order valence-electron chi connectivity index (χ2n) is 5.52. The van der Waals surface area contributed by atoms with Crippen molar-refractivity contribution in [2.24, 2.45) is 0 Å². The summed E-state index contributed by atoms with van der Waals surface area (Å²) in [6.07, 6.45) is 0. The number of aromatic nitrogens is 1. The molecule has 0 unspecified atom stereocenters. The number of rotatable bonds is 4. The van der Waals surface area contributed by atoms with E-state index in [9.17, 15) is 9.59 Å². The van der Waals surface area contributed by atoms with E-state index in [4.69, 9.17) is 27.9 Å². The van der Waals surface area contributed by atoms with Crippen molar-refractivity contribution in [3.8, 4) is 17.0 Å². The highest BCUT2D eigenvalue weighted by Gasteiger charge is 2.16. The van der Waals surface area contributed by atoms with Gasteiger partial charge >= 0.3 is 5.97 Å². The van der Waals surface area contributed by atoms with Gasteiger partial charge in [0.1, 0.15) is 5.75 Å². The van der Waals surface area contributed by atoms with Crippen molar-refractivity contribution in [3.63, 3.8) is 0 Å². The third-order valence-corrected chi connectivity index (χ3v) is 4.66. The smallest absolute Gasteiger partial charge is 0.308 e. The molecule has 0 bridgehead atoms. The van der Waals surface area contributed by atoms with Gasteiger partial charge in [-0.3, -0.25) is 9.59 Å². The van der Waals surface area contributed by atoms with Crippen molar-refractivity contribution in [2.45, 2.75) is 6.92 Å². The lowest BCUT2D eigenvalue weighted by Gasteiger charge is -2.11. The van der Waals surface area contributed by atoms with Crippen LogP contribution in [0.3, 0.4) is 0 Å². The monoisotopic (exact) mass is 451 g/mol. The number of halogens is 3. The molecule has 0 N–H and O–H groups in total. The Morgan fingerprint density at radius 1 is 1.15 bits per heavy atom. The van der Waals surface area contributed by atoms with E-state index in [0.717, 1.165) is 0 Å². The maximum Gasteiger partial charge on any atom is 0.308 e. The zero-order valence-electron chi connectivity index (χ0n) is 13.6. The van der Waals surface area contributed by atoms with Gasteiger partial charge in [0.15, 0.2) is 5.78 Å². The van der Waals surface area contributed by atoms with Crippen LogP contribution in [-0.4, -0.2) is 22.1 Å². The number of pyridine rings is 1. The normalized spacial score (nSPS) is 10.8. The molecule has 0 atom stereocenters. The highest BCUT2D eigenvalue weighted by Crippen LogP contribution is 2.33. The van der Waals surface area contributed by atoms with Crippen molar-refractivity contribution in [2.75, 3.05) is 5.33 Å². The molecule has 0 saturated heterocycles. The molecular weight excluding hydrogens is 441 g/mol. The number of alkyl halides is 1. The first kappa shape index (κ1) is 18.8. The molecule has 4 nitrogen and oxygen atoms in total. The maximum atomic E-state index is 12.4. The van der Waals surface area contributed by atoms with Gasteiger partial charge in [0, 0.05) is 28.5 Å². The molecule has 2 aromatic carbocycles. The summed E-state index contributed by atoms with van der Waals surface area (Å²) in [4.78, 5) is 28.2. The molecule has 26 heavy (non-hydrogen) atoms. The first-order chi connectivity index (χ1) is 12.4. The Morgan fingerprint density at radius 3 is 2.62 bits per heavy atom. The molecule has 0 radical (unpaired) electrons. The van der Waals surface area contributed by atoms with E-state index < -0.39 is 5.97 Å². The van der Waals surface area contributed by atoms with Gasteiger partial charge in [0.2, 0.25) is 0 Å². The molecule has 0 amide bonds. The molecule has 0 aliphatic heterocycles. The Bertz CT molecular complexity index is 1040. The molecule has 0 spiro atoms. The Hall–Kier alpha value is -1.95. The lowest BCUT2D eigenvalue weighted by atomic mass is 10.0. The summed E-state index contributed by atoms with van der Waals surface area (Å²) in [6, 6.07) is 11.9. The van der Waals surface area contributed by atoms with Crippen LogP contribution in [0.4, 0.5) is 0 Å². The minimum absolute atomic E-state index is 0.117. The number of ether oxygens (including phenoxy) is 1. The number of ketones is 1. The number of esters is 1. The molecule has 3 rings (SSSR count). The average molecular weight is 453 g/mol. The van der Waals surface area contributed by atoms with Crippen LogP contribution in [0.2, 0.25) is 10.0 Å². The van der Waals surface area contributed by atoms with Gasteiger partial charge in [-0.15, -0.1) is 0 Å². The third kappa shape index (κ3) is 3.90. The van der Waals surface area contributed by atoms with Crippen LogP contribution in [-0.2, 0) is 4.79 Å². The maximum absolute atomic E-state index is 12.4. The number of carbonyl (C=O) groups excluding carboxylic acids is 2. The van der Waals surface area contributed by atoms with Crippen LogP contribution in [0.25, 0.3) is 22.2 Å². The largest absolute Gasteiger partial charge is 0.427 e. The van der Waals surface area contributed by atoms with E-state index in [-0.39, 0.29) is 11.1 Å². The summed E-state index contributed by atoms with van der Waals surface area (Å²) in [5.74, 6) is -0.137. The van der Waals surface area contributed by atoms with E-state index in [1.54, 1.807) is 36.4 Å². The van der Waals surface area contributed by atoms with Gasteiger partial charge < -0.3 is 4.74 Å². The topological polar surface area (TPSA) is 56.3 Å². The molecule has 7 heteroatoms. The molecule has 132 valence electrons. The summed E-state index contributed by atoms with van der Waals surface area (Å²) < 4.78 is 5.12. The second-order valence-corrected chi connectivity index (χ2v) is 6.92. The van der Waals surface area contributed by atoms with E-state index in [2.05, 4.69) is 20.9 Å². The number of carbonyl (C=O) groups is 2. The highest BCUT2D eigenvalue weighted by atomic mass is 79.9. The zero-order chi connectivity index (χ0) is 18.8. The van der Waals surface area contributed by atoms with Crippen LogP contribution in [0.15, 0.2) is 42.5 Å². The fourth-order valence-electron chi connectivity index (χ4n) is 2.59. The van der Waals surface area contributed by atoms with Crippen LogP contribution >= 0.6 is 39.1 Å². The minimum Gasteiger partial charge on any atom is -0.427 e. The standard InChI is InChI=1S/C19H12BrCl2NO3/c1-10(24)26-13-4-2-3-11(5-13)17-8-14(18(25)9-20)15-6-12(21)7-16(22)19(15)23-17/h2-8H,9H2,1H3. The number of Topliss-reactive ketones (excluding diaryl/α,β-unsaturated/α-hetero) is 1. The summed E-state index contributed by atoms with van der Waals surface area (Å²) in [5, 5.41) is 1.53. The molecular formula is C19H12BrCl2NO3. The molecule has 0 saturated carbocycles. The molecule has 1 aromatic heterocycles. The zero-order valence-corrected chi connectivity index (χ0v) is 16.7. The molecule has 0 aliphatic carbocycles. The predicted molar refractivity (Wildman–Crippen MR) is 107 cm³/mol. The first-order valence-electron chi connectivity index (χ1n) is 7.57. The second kappa shape index (κ2) is 7.74. The Labute approximate surface area is 168 Å².